The van der Waals surface area contributed by atoms with Gasteiger partial charge in [-0.1, -0.05) is 26.0 Å². The Balaban J connectivity index is 2.61. The maximum absolute atomic E-state index is 13.3. The van der Waals surface area contributed by atoms with Gasteiger partial charge in [0.15, 0.2) is 0 Å². The van der Waals surface area contributed by atoms with Crippen LogP contribution >= 0.6 is 0 Å². The number of esters is 1. The fourth-order valence-electron chi connectivity index (χ4n) is 3.17. The molecule has 0 unspecified atom stereocenters. The molecule has 0 aliphatic rings. The fourth-order valence-corrected chi connectivity index (χ4v) is 3.17. The summed E-state index contributed by atoms with van der Waals surface area (Å²) < 4.78 is 50.1. The lowest BCUT2D eigenvalue weighted by Gasteiger charge is -2.22. The molecular weight excluding hydrogens is 383 g/mol. The minimum absolute atomic E-state index is 0.0690. The summed E-state index contributed by atoms with van der Waals surface area (Å²) in [6.45, 7) is 5.73. The molecule has 0 spiro atoms. The third-order valence-corrected chi connectivity index (χ3v) is 4.85. The molecule has 0 aromatic heterocycles. The number of hydrogen-bond acceptors (Lipinski definition) is 4. The highest BCUT2D eigenvalue weighted by Gasteiger charge is 2.31. The van der Waals surface area contributed by atoms with E-state index in [1.807, 2.05) is 18.7 Å². The van der Waals surface area contributed by atoms with Crippen molar-refractivity contribution in [2.45, 2.75) is 33.0 Å². The normalized spacial score (nSPS) is 11.6. The Morgan fingerprint density at radius 1 is 1.00 bits per heavy atom. The first-order valence-electron chi connectivity index (χ1n) is 9.40. The second-order valence-corrected chi connectivity index (χ2v) is 6.62. The van der Waals surface area contributed by atoms with E-state index >= 15 is 0 Å². The molecule has 0 saturated carbocycles. The zero-order valence-corrected chi connectivity index (χ0v) is 17.1. The summed E-state index contributed by atoms with van der Waals surface area (Å²) in [6.07, 6.45) is -4.35. The SMILES string of the molecule is CCN(CC)Cc1cc(C(F)(F)F)ccc1-c1cc(CC(=O)OC)ccc1OC. The lowest BCUT2D eigenvalue weighted by molar-refractivity contribution is -0.140. The summed E-state index contributed by atoms with van der Waals surface area (Å²) >= 11 is 0. The first-order chi connectivity index (χ1) is 13.7. The van der Waals surface area contributed by atoms with Crippen molar-refractivity contribution in [3.63, 3.8) is 0 Å². The van der Waals surface area contributed by atoms with Gasteiger partial charge in [-0.15, -0.1) is 0 Å². The lowest BCUT2D eigenvalue weighted by Crippen LogP contribution is -2.23. The Hall–Kier alpha value is -2.54. The maximum Gasteiger partial charge on any atom is 0.416 e. The summed E-state index contributed by atoms with van der Waals surface area (Å²) in [6, 6.07) is 8.97. The van der Waals surface area contributed by atoms with Crippen molar-refractivity contribution in [1.82, 2.24) is 4.90 Å². The molecule has 0 saturated heterocycles. The van der Waals surface area contributed by atoms with Gasteiger partial charge in [-0.3, -0.25) is 9.69 Å². The van der Waals surface area contributed by atoms with E-state index in [1.54, 1.807) is 18.2 Å². The van der Waals surface area contributed by atoms with Crippen LogP contribution < -0.4 is 4.74 Å². The Morgan fingerprint density at radius 2 is 1.69 bits per heavy atom. The first kappa shape index (κ1) is 22.7. The second-order valence-electron chi connectivity index (χ2n) is 6.62. The molecule has 2 rings (SSSR count). The number of ether oxygens (including phenoxy) is 2. The fraction of sp³-hybridized carbons (Fsp3) is 0.409. The van der Waals surface area contributed by atoms with Crippen LogP contribution in [-0.2, 0) is 28.7 Å². The average molecular weight is 409 g/mol. The first-order valence-corrected chi connectivity index (χ1v) is 9.40. The molecular formula is C22H26F3NO3. The van der Waals surface area contributed by atoms with Gasteiger partial charge in [-0.25, -0.2) is 0 Å². The van der Waals surface area contributed by atoms with Gasteiger partial charge in [0.1, 0.15) is 5.75 Å². The minimum Gasteiger partial charge on any atom is -0.496 e. The third-order valence-electron chi connectivity index (χ3n) is 4.85. The van der Waals surface area contributed by atoms with Crippen LogP contribution in [0.1, 0.15) is 30.5 Å². The van der Waals surface area contributed by atoms with E-state index < -0.39 is 17.7 Å². The standard InChI is InChI=1S/C22H26F3NO3/c1-5-26(6-2)14-16-13-17(22(23,24)25)8-9-18(16)19-11-15(12-21(27)29-4)7-10-20(19)28-3/h7-11,13H,5-6,12,14H2,1-4H3. The van der Waals surface area contributed by atoms with Gasteiger partial charge in [-0.2, -0.15) is 13.2 Å². The monoisotopic (exact) mass is 409 g/mol. The van der Waals surface area contributed by atoms with Crippen LogP contribution in [0.25, 0.3) is 11.1 Å². The molecule has 0 radical (unpaired) electrons. The summed E-state index contributed by atoms with van der Waals surface area (Å²) in [7, 11) is 2.82. The van der Waals surface area contributed by atoms with Crippen LogP contribution in [-0.4, -0.2) is 38.2 Å². The zero-order chi connectivity index (χ0) is 21.6. The van der Waals surface area contributed by atoms with E-state index in [-0.39, 0.29) is 6.42 Å². The molecule has 0 amide bonds. The van der Waals surface area contributed by atoms with E-state index in [0.717, 1.165) is 6.07 Å². The van der Waals surface area contributed by atoms with Crippen molar-refractivity contribution < 1.29 is 27.4 Å². The van der Waals surface area contributed by atoms with Gasteiger partial charge < -0.3 is 9.47 Å². The lowest BCUT2D eigenvalue weighted by atomic mass is 9.94. The molecule has 0 fully saturated rings. The molecule has 0 aliphatic carbocycles. The highest BCUT2D eigenvalue weighted by atomic mass is 19.4. The van der Waals surface area contributed by atoms with Gasteiger partial charge in [0.05, 0.1) is 26.2 Å². The van der Waals surface area contributed by atoms with Crippen LogP contribution in [0.15, 0.2) is 36.4 Å². The van der Waals surface area contributed by atoms with Gasteiger partial charge in [0, 0.05) is 12.1 Å². The number of nitrogens with zero attached hydrogens (tertiary/aromatic N) is 1. The van der Waals surface area contributed by atoms with E-state index in [4.69, 9.17) is 9.47 Å². The predicted molar refractivity (Wildman–Crippen MR) is 106 cm³/mol. The van der Waals surface area contributed by atoms with E-state index in [1.165, 1.54) is 26.4 Å². The molecule has 2 aromatic carbocycles. The Kier molecular flexibility index (Phi) is 7.67. The van der Waals surface area contributed by atoms with E-state index in [0.29, 0.717) is 47.6 Å². The average Bonchev–Trinajstić information content (AvgIpc) is 2.71. The summed E-state index contributed by atoms with van der Waals surface area (Å²) in [4.78, 5) is 13.7. The van der Waals surface area contributed by atoms with Gasteiger partial charge in [0.25, 0.3) is 0 Å². The highest BCUT2D eigenvalue weighted by Crippen LogP contribution is 2.37. The zero-order valence-electron chi connectivity index (χ0n) is 17.1. The van der Waals surface area contributed by atoms with Crippen molar-refractivity contribution >= 4 is 5.97 Å². The smallest absolute Gasteiger partial charge is 0.416 e. The number of hydrogen-bond donors (Lipinski definition) is 0. The number of benzene rings is 2. The predicted octanol–water partition coefficient (Wildman–Crippen LogP) is 4.94. The number of methoxy groups -OCH3 is 2. The quantitative estimate of drug-likeness (QED) is 0.579. The van der Waals surface area contributed by atoms with Crippen LogP contribution in [0.3, 0.4) is 0 Å². The van der Waals surface area contributed by atoms with Crippen molar-refractivity contribution in [1.29, 1.82) is 0 Å². The Labute approximate surface area is 169 Å². The molecule has 0 bridgehead atoms. The molecule has 158 valence electrons. The summed E-state index contributed by atoms with van der Waals surface area (Å²) in [5.41, 5.74) is 1.85. The van der Waals surface area contributed by atoms with Crippen molar-refractivity contribution in [3.8, 4) is 16.9 Å². The Bertz CT molecular complexity index is 846. The number of carbonyl (C=O) groups is 1. The van der Waals surface area contributed by atoms with Gasteiger partial charge >= 0.3 is 12.1 Å². The van der Waals surface area contributed by atoms with E-state index in [2.05, 4.69) is 0 Å². The molecule has 4 nitrogen and oxygen atoms in total. The number of alkyl halides is 3. The molecule has 0 heterocycles. The topological polar surface area (TPSA) is 38.8 Å². The maximum atomic E-state index is 13.3. The summed E-state index contributed by atoms with van der Waals surface area (Å²) in [5.74, 6) is 0.135. The van der Waals surface area contributed by atoms with Crippen molar-refractivity contribution in [2.75, 3.05) is 27.3 Å². The number of rotatable bonds is 8. The van der Waals surface area contributed by atoms with Crippen LogP contribution in [0.5, 0.6) is 5.75 Å². The molecule has 2 aromatic rings. The number of carbonyl (C=O) groups excluding carboxylic acids is 1. The largest absolute Gasteiger partial charge is 0.496 e. The van der Waals surface area contributed by atoms with Crippen molar-refractivity contribution in [2.24, 2.45) is 0 Å². The van der Waals surface area contributed by atoms with Crippen LogP contribution in [0.2, 0.25) is 0 Å². The molecule has 0 atom stereocenters. The summed E-state index contributed by atoms with van der Waals surface area (Å²) in [5, 5.41) is 0. The molecule has 7 heteroatoms. The molecule has 29 heavy (non-hydrogen) atoms. The van der Waals surface area contributed by atoms with Crippen LogP contribution in [0.4, 0.5) is 13.2 Å². The second kappa shape index (κ2) is 9.78. The Morgan fingerprint density at radius 3 is 2.24 bits per heavy atom. The highest BCUT2D eigenvalue weighted by molar-refractivity contribution is 5.77. The van der Waals surface area contributed by atoms with Crippen molar-refractivity contribution in [3.05, 3.63) is 53.1 Å². The molecule has 0 aliphatic heterocycles. The van der Waals surface area contributed by atoms with Crippen LogP contribution in [0, 0.1) is 0 Å². The number of halogens is 3. The third kappa shape index (κ3) is 5.73. The molecule has 0 N–H and O–H groups in total. The van der Waals surface area contributed by atoms with E-state index in [9.17, 15) is 18.0 Å². The minimum atomic E-state index is -4.42. The van der Waals surface area contributed by atoms with Gasteiger partial charge in [-0.05, 0) is 54.0 Å². The van der Waals surface area contributed by atoms with Gasteiger partial charge in [0.2, 0.25) is 0 Å².